The van der Waals surface area contributed by atoms with Gasteiger partial charge in [-0.1, -0.05) is 13.8 Å². The van der Waals surface area contributed by atoms with E-state index < -0.39 is 12.1 Å². The lowest BCUT2D eigenvalue weighted by molar-refractivity contribution is -0.157. The van der Waals surface area contributed by atoms with Crippen LogP contribution in [0.25, 0.3) is 6.08 Å². The molecule has 2 rings (SSSR count). The van der Waals surface area contributed by atoms with Crippen LogP contribution in [0.4, 0.5) is 0 Å². The zero-order valence-electron chi connectivity index (χ0n) is 18.0. The first-order chi connectivity index (χ1) is 13.7. The number of morpholine rings is 1. The largest absolute Gasteiger partial charge is 0.448 e. The molecule has 0 radical (unpaired) electrons. The molecule has 0 spiro atoms. The third-order valence-electron chi connectivity index (χ3n) is 5.14. The van der Waals surface area contributed by atoms with Crippen LogP contribution in [0.15, 0.2) is 11.6 Å². The SMILES string of the molecule is Cc1cc(/C=C(\C#N)C(=O)OC(C)C(=O)N2CCOCC2)c(C)n1CCC(C)C. The van der Waals surface area contributed by atoms with Crippen molar-refractivity contribution in [2.45, 2.75) is 53.7 Å². The summed E-state index contributed by atoms with van der Waals surface area (Å²) < 4.78 is 12.7. The normalized spacial score (nSPS) is 15.9. The van der Waals surface area contributed by atoms with Crippen molar-refractivity contribution in [2.75, 3.05) is 26.3 Å². The fourth-order valence-corrected chi connectivity index (χ4v) is 3.31. The summed E-state index contributed by atoms with van der Waals surface area (Å²) >= 11 is 0. The van der Waals surface area contributed by atoms with Crippen LogP contribution in [0, 0.1) is 31.1 Å². The highest BCUT2D eigenvalue weighted by Crippen LogP contribution is 2.20. The summed E-state index contributed by atoms with van der Waals surface area (Å²) in [4.78, 5) is 26.5. The molecule has 1 aliphatic heterocycles. The van der Waals surface area contributed by atoms with Gasteiger partial charge in [-0.15, -0.1) is 0 Å². The second-order valence-corrected chi connectivity index (χ2v) is 7.82. The molecular formula is C22H31N3O4. The highest BCUT2D eigenvalue weighted by atomic mass is 16.5. The Morgan fingerprint density at radius 3 is 2.52 bits per heavy atom. The minimum absolute atomic E-state index is 0.115. The Bertz CT molecular complexity index is 811. The summed E-state index contributed by atoms with van der Waals surface area (Å²) in [5.41, 5.74) is 2.78. The second kappa shape index (κ2) is 10.3. The van der Waals surface area contributed by atoms with Gasteiger partial charge in [0.25, 0.3) is 5.91 Å². The maximum Gasteiger partial charge on any atom is 0.349 e. The Kier molecular flexibility index (Phi) is 8.03. The van der Waals surface area contributed by atoms with Crippen LogP contribution in [0.2, 0.25) is 0 Å². The summed E-state index contributed by atoms with van der Waals surface area (Å²) in [7, 11) is 0. The van der Waals surface area contributed by atoms with Gasteiger partial charge in [-0.25, -0.2) is 4.79 Å². The van der Waals surface area contributed by atoms with E-state index in [1.54, 1.807) is 11.0 Å². The van der Waals surface area contributed by atoms with Crippen LogP contribution in [0.3, 0.4) is 0 Å². The van der Waals surface area contributed by atoms with E-state index in [1.807, 2.05) is 26.0 Å². The number of carbonyl (C=O) groups excluding carboxylic acids is 2. The number of esters is 1. The van der Waals surface area contributed by atoms with Gasteiger partial charge >= 0.3 is 5.97 Å². The number of rotatable bonds is 7. The molecule has 1 aromatic heterocycles. The van der Waals surface area contributed by atoms with Gasteiger partial charge in [0, 0.05) is 31.0 Å². The molecular weight excluding hydrogens is 370 g/mol. The van der Waals surface area contributed by atoms with Crippen LogP contribution in [-0.2, 0) is 25.6 Å². The summed E-state index contributed by atoms with van der Waals surface area (Å²) in [5.74, 6) is -0.468. The summed E-state index contributed by atoms with van der Waals surface area (Å²) in [6, 6.07) is 3.87. The van der Waals surface area contributed by atoms with Crippen molar-refractivity contribution in [3.05, 3.63) is 28.6 Å². The third-order valence-corrected chi connectivity index (χ3v) is 5.14. The first-order valence-corrected chi connectivity index (χ1v) is 10.1. The molecule has 1 fully saturated rings. The molecule has 0 N–H and O–H groups in total. The van der Waals surface area contributed by atoms with Crippen molar-refractivity contribution >= 4 is 18.0 Å². The summed E-state index contributed by atoms with van der Waals surface area (Å²) in [6.45, 7) is 12.7. The van der Waals surface area contributed by atoms with Gasteiger partial charge in [-0.05, 0) is 50.8 Å². The van der Waals surface area contributed by atoms with Gasteiger partial charge in [0.05, 0.1) is 13.2 Å². The van der Waals surface area contributed by atoms with Crippen LogP contribution >= 0.6 is 0 Å². The van der Waals surface area contributed by atoms with Crippen molar-refractivity contribution < 1.29 is 19.1 Å². The van der Waals surface area contributed by atoms with E-state index in [2.05, 4.69) is 18.4 Å². The number of nitriles is 1. The average molecular weight is 402 g/mol. The van der Waals surface area contributed by atoms with Crippen LogP contribution in [0.5, 0.6) is 0 Å². The Hall–Kier alpha value is -2.59. The molecule has 1 saturated heterocycles. The minimum Gasteiger partial charge on any atom is -0.448 e. The highest BCUT2D eigenvalue weighted by Gasteiger charge is 2.26. The van der Waals surface area contributed by atoms with E-state index in [1.165, 1.54) is 6.92 Å². The Balaban J connectivity index is 2.11. The lowest BCUT2D eigenvalue weighted by atomic mass is 10.1. The van der Waals surface area contributed by atoms with E-state index in [0.717, 1.165) is 29.9 Å². The third kappa shape index (κ3) is 5.94. The van der Waals surface area contributed by atoms with E-state index in [0.29, 0.717) is 32.2 Å². The number of ether oxygens (including phenoxy) is 2. The molecule has 29 heavy (non-hydrogen) atoms. The molecule has 0 bridgehead atoms. The number of amides is 1. The predicted octanol–water partition coefficient (Wildman–Crippen LogP) is 2.85. The van der Waals surface area contributed by atoms with Crippen molar-refractivity contribution in [3.8, 4) is 6.07 Å². The molecule has 0 aromatic carbocycles. The fourth-order valence-electron chi connectivity index (χ4n) is 3.31. The highest BCUT2D eigenvalue weighted by molar-refractivity contribution is 5.99. The van der Waals surface area contributed by atoms with Crippen molar-refractivity contribution in [3.63, 3.8) is 0 Å². The molecule has 0 aliphatic carbocycles. The van der Waals surface area contributed by atoms with Crippen molar-refractivity contribution in [2.24, 2.45) is 5.92 Å². The Labute approximate surface area is 172 Å². The molecule has 0 saturated carbocycles. The van der Waals surface area contributed by atoms with Gasteiger partial charge in [0.1, 0.15) is 11.6 Å². The Morgan fingerprint density at radius 2 is 1.93 bits per heavy atom. The van der Waals surface area contributed by atoms with Gasteiger partial charge in [-0.3, -0.25) is 4.79 Å². The van der Waals surface area contributed by atoms with E-state index >= 15 is 0 Å². The first kappa shape index (κ1) is 22.7. The number of nitrogens with zero attached hydrogens (tertiary/aromatic N) is 3. The predicted molar refractivity (Wildman–Crippen MR) is 110 cm³/mol. The number of aryl methyl sites for hydroxylation is 1. The molecule has 1 unspecified atom stereocenters. The number of carbonyl (C=O) groups is 2. The van der Waals surface area contributed by atoms with Gasteiger partial charge in [0.15, 0.2) is 6.10 Å². The lowest BCUT2D eigenvalue weighted by Crippen LogP contribution is -2.46. The van der Waals surface area contributed by atoms with E-state index in [-0.39, 0.29) is 11.5 Å². The minimum atomic E-state index is -0.948. The standard InChI is InChI=1S/C22H31N3O4/c1-15(2)6-7-25-16(3)12-19(17(25)4)13-20(14-23)22(27)29-18(5)21(26)24-8-10-28-11-9-24/h12-13,15,18H,6-11H2,1-5H3/b20-13+. The van der Waals surface area contributed by atoms with Crippen molar-refractivity contribution in [1.82, 2.24) is 9.47 Å². The Morgan fingerprint density at radius 1 is 1.28 bits per heavy atom. The van der Waals surface area contributed by atoms with Gasteiger partial charge in [0.2, 0.25) is 0 Å². The van der Waals surface area contributed by atoms with Gasteiger partial charge < -0.3 is 18.9 Å². The average Bonchev–Trinajstić information content (AvgIpc) is 2.96. The molecule has 1 amide bonds. The van der Waals surface area contributed by atoms with Crippen LogP contribution in [-0.4, -0.2) is 53.8 Å². The smallest absolute Gasteiger partial charge is 0.349 e. The van der Waals surface area contributed by atoms with Crippen molar-refractivity contribution in [1.29, 1.82) is 5.26 Å². The molecule has 1 atom stereocenters. The zero-order valence-corrected chi connectivity index (χ0v) is 18.0. The molecule has 7 nitrogen and oxygen atoms in total. The molecule has 2 heterocycles. The maximum absolute atomic E-state index is 12.5. The fraction of sp³-hybridized carbons (Fsp3) is 0.591. The molecule has 1 aromatic rings. The second-order valence-electron chi connectivity index (χ2n) is 7.82. The van der Waals surface area contributed by atoms with Gasteiger partial charge in [-0.2, -0.15) is 5.26 Å². The van der Waals surface area contributed by atoms with Crippen LogP contribution in [0.1, 0.15) is 44.1 Å². The summed E-state index contributed by atoms with van der Waals surface area (Å²) in [5, 5.41) is 9.46. The van der Waals surface area contributed by atoms with E-state index in [9.17, 15) is 14.9 Å². The zero-order chi connectivity index (χ0) is 21.6. The topological polar surface area (TPSA) is 84.6 Å². The number of aromatic nitrogens is 1. The molecule has 1 aliphatic rings. The molecule has 158 valence electrons. The quantitative estimate of drug-likeness (QED) is 0.398. The number of hydrogen-bond acceptors (Lipinski definition) is 5. The lowest BCUT2D eigenvalue weighted by Gasteiger charge is -2.28. The van der Waals surface area contributed by atoms with E-state index in [4.69, 9.17) is 9.47 Å². The number of hydrogen-bond donors (Lipinski definition) is 0. The maximum atomic E-state index is 12.5. The summed E-state index contributed by atoms with van der Waals surface area (Å²) in [6.07, 6.45) is 1.65. The molecule has 7 heteroatoms. The van der Waals surface area contributed by atoms with Crippen LogP contribution < -0.4 is 0 Å². The first-order valence-electron chi connectivity index (χ1n) is 10.1. The monoisotopic (exact) mass is 401 g/mol.